The lowest BCUT2D eigenvalue weighted by Crippen LogP contribution is -1.91. The van der Waals surface area contributed by atoms with E-state index < -0.39 is 0 Å². The van der Waals surface area contributed by atoms with E-state index in [9.17, 15) is 0 Å². The van der Waals surface area contributed by atoms with E-state index in [-0.39, 0.29) is 0 Å². The van der Waals surface area contributed by atoms with Crippen LogP contribution in [0.2, 0.25) is 5.02 Å². The van der Waals surface area contributed by atoms with Crippen LogP contribution < -0.4 is 4.74 Å². The van der Waals surface area contributed by atoms with Gasteiger partial charge in [-0.3, -0.25) is 0 Å². The molecule has 2 rings (SSSR count). The van der Waals surface area contributed by atoms with Gasteiger partial charge in [-0.25, -0.2) is 0 Å². The molecule has 0 aliphatic rings. The van der Waals surface area contributed by atoms with Crippen LogP contribution in [0, 0.1) is 3.57 Å². The molecule has 4 heteroatoms. The third-order valence-electron chi connectivity index (χ3n) is 1.89. The van der Waals surface area contributed by atoms with Crippen molar-refractivity contribution in [3.63, 3.8) is 0 Å². The highest BCUT2D eigenvalue weighted by Gasteiger charge is 2.10. The Morgan fingerprint density at radius 2 is 2.29 bits per heavy atom. The predicted molar refractivity (Wildman–Crippen MR) is 70.7 cm³/mol. The molecule has 14 heavy (non-hydrogen) atoms. The van der Waals surface area contributed by atoms with E-state index in [0.29, 0.717) is 6.61 Å². The van der Waals surface area contributed by atoms with Crippen LogP contribution in [0.1, 0.15) is 6.92 Å². The molecule has 0 saturated heterocycles. The average Bonchev–Trinajstić information content (AvgIpc) is 2.55. The van der Waals surface area contributed by atoms with Gasteiger partial charge >= 0.3 is 0 Å². The van der Waals surface area contributed by atoms with Gasteiger partial charge in [0.15, 0.2) is 0 Å². The molecule has 74 valence electrons. The first kappa shape index (κ1) is 10.5. The Kier molecular flexibility index (Phi) is 3.19. The fourth-order valence-electron chi connectivity index (χ4n) is 1.33. The summed E-state index contributed by atoms with van der Waals surface area (Å²) in [5.74, 6) is 0.883. The molecule has 0 atom stereocenters. The van der Waals surface area contributed by atoms with Crippen molar-refractivity contribution in [1.29, 1.82) is 0 Å². The first-order valence-corrected chi connectivity index (χ1v) is 6.55. The molecule has 0 bridgehead atoms. The van der Waals surface area contributed by atoms with Crippen LogP contribution in [0.15, 0.2) is 17.5 Å². The summed E-state index contributed by atoms with van der Waals surface area (Å²) >= 11 is 10.1. The van der Waals surface area contributed by atoms with Gasteiger partial charge in [0.2, 0.25) is 0 Å². The fraction of sp³-hybridized carbons (Fsp3) is 0.200. The van der Waals surface area contributed by atoms with Crippen LogP contribution in [0.4, 0.5) is 0 Å². The van der Waals surface area contributed by atoms with Gasteiger partial charge in [0.1, 0.15) is 5.75 Å². The molecule has 0 N–H and O–H groups in total. The Hall–Kier alpha value is -0.000000000000000139. The largest absolute Gasteiger partial charge is 0.493 e. The maximum absolute atomic E-state index is 6.11. The number of benzene rings is 1. The van der Waals surface area contributed by atoms with Crippen LogP contribution in [0.5, 0.6) is 5.75 Å². The van der Waals surface area contributed by atoms with Gasteiger partial charge in [-0.1, -0.05) is 11.6 Å². The summed E-state index contributed by atoms with van der Waals surface area (Å²) in [6.45, 7) is 2.64. The van der Waals surface area contributed by atoms with Crippen LogP contribution >= 0.6 is 45.5 Å². The molecule has 1 aromatic heterocycles. The molecular formula is C10H8ClIOS. The molecule has 0 aliphatic heterocycles. The van der Waals surface area contributed by atoms with Gasteiger partial charge in [-0.15, -0.1) is 11.3 Å². The Morgan fingerprint density at radius 3 is 3.00 bits per heavy atom. The molecule has 2 aromatic rings. The van der Waals surface area contributed by atoms with Crippen molar-refractivity contribution in [2.45, 2.75) is 6.92 Å². The third kappa shape index (κ3) is 1.73. The van der Waals surface area contributed by atoms with E-state index in [1.165, 1.54) is 8.27 Å². The van der Waals surface area contributed by atoms with E-state index in [1.54, 1.807) is 11.3 Å². The lowest BCUT2D eigenvalue weighted by atomic mass is 10.2. The number of hydrogen-bond donors (Lipinski definition) is 0. The molecular weight excluding hydrogens is 331 g/mol. The van der Waals surface area contributed by atoms with Crippen molar-refractivity contribution in [3.8, 4) is 5.75 Å². The van der Waals surface area contributed by atoms with Gasteiger partial charge in [0.05, 0.1) is 21.7 Å². The number of halogens is 2. The minimum atomic E-state index is 0.669. The maximum atomic E-state index is 6.11. The van der Waals surface area contributed by atoms with Gasteiger partial charge < -0.3 is 4.74 Å². The SMILES string of the molecule is CCOc1ccc(I)c2scc(Cl)c12. The number of thiophene rings is 1. The van der Waals surface area contributed by atoms with Crippen LogP contribution in [0.3, 0.4) is 0 Å². The molecule has 0 radical (unpaired) electrons. The first-order chi connectivity index (χ1) is 6.74. The normalized spacial score (nSPS) is 10.8. The average molecular weight is 339 g/mol. The van der Waals surface area contributed by atoms with E-state index in [0.717, 1.165) is 16.2 Å². The molecule has 0 unspecified atom stereocenters. The molecule has 1 nitrogen and oxygen atoms in total. The molecule has 0 saturated carbocycles. The van der Waals surface area contributed by atoms with Crippen molar-refractivity contribution in [1.82, 2.24) is 0 Å². The maximum Gasteiger partial charge on any atom is 0.129 e. The van der Waals surface area contributed by atoms with Crippen LogP contribution in [-0.4, -0.2) is 6.61 Å². The molecule has 0 amide bonds. The minimum Gasteiger partial charge on any atom is -0.493 e. The zero-order valence-electron chi connectivity index (χ0n) is 7.51. The van der Waals surface area contributed by atoms with E-state index in [2.05, 4.69) is 28.7 Å². The highest BCUT2D eigenvalue weighted by molar-refractivity contribution is 14.1. The van der Waals surface area contributed by atoms with Crippen molar-refractivity contribution in [3.05, 3.63) is 26.1 Å². The highest BCUT2D eigenvalue weighted by Crippen LogP contribution is 2.39. The second kappa shape index (κ2) is 4.24. The van der Waals surface area contributed by atoms with Crippen LogP contribution in [-0.2, 0) is 0 Å². The summed E-state index contributed by atoms with van der Waals surface area (Å²) in [4.78, 5) is 0. The zero-order chi connectivity index (χ0) is 10.1. The number of fused-ring (bicyclic) bond motifs is 1. The summed E-state index contributed by atoms with van der Waals surface area (Å²) in [6, 6.07) is 4.03. The zero-order valence-corrected chi connectivity index (χ0v) is 11.2. The summed E-state index contributed by atoms with van der Waals surface area (Å²) in [7, 11) is 0. The smallest absolute Gasteiger partial charge is 0.129 e. The highest BCUT2D eigenvalue weighted by atomic mass is 127. The standard InChI is InChI=1S/C10H8ClIOS/c1-2-13-8-4-3-7(12)10-9(8)6(11)5-14-10/h3-5H,2H2,1H3. The van der Waals surface area contributed by atoms with Crippen LogP contribution in [0.25, 0.3) is 10.1 Å². The third-order valence-corrected chi connectivity index (χ3v) is 4.60. The molecule has 0 fully saturated rings. The predicted octanol–water partition coefficient (Wildman–Crippen LogP) is 4.56. The fourth-order valence-corrected chi connectivity index (χ4v) is 3.38. The van der Waals surface area contributed by atoms with Gasteiger partial charge in [-0.05, 0) is 41.6 Å². The quantitative estimate of drug-likeness (QED) is 0.730. The first-order valence-electron chi connectivity index (χ1n) is 4.22. The number of ether oxygens (including phenoxy) is 1. The van der Waals surface area contributed by atoms with Crippen molar-refractivity contribution in [2.75, 3.05) is 6.61 Å². The van der Waals surface area contributed by atoms with Crippen molar-refractivity contribution >= 4 is 55.6 Å². The van der Waals surface area contributed by atoms with Crippen molar-refractivity contribution in [2.24, 2.45) is 0 Å². The molecule has 1 heterocycles. The van der Waals surface area contributed by atoms with E-state index >= 15 is 0 Å². The Labute approximate surface area is 105 Å². The summed E-state index contributed by atoms with van der Waals surface area (Å²) in [5.41, 5.74) is 0. The lowest BCUT2D eigenvalue weighted by Gasteiger charge is -2.05. The summed E-state index contributed by atoms with van der Waals surface area (Å²) in [6.07, 6.45) is 0. The number of hydrogen-bond acceptors (Lipinski definition) is 2. The summed E-state index contributed by atoms with van der Waals surface area (Å²) in [5, 5.41) is 3.79. The number of rotatable bonds is 2. The Bertz CT molecular complexity index is 466. The lowest BCUT2D eigenvalue weighted by molar-refractivity contribution is 0.344. The van der Waals surface area contributed by atoms with Gasteiger partial charge in [-0.2, -0.15) is 0 Å². The monoisotopic (exact) mass is 338 g/mol. The van der Waals surface area contributed by atoms with Gasteiger partial charge in [0.25, 0.3) is 0 Å². The molecule has 1 aromatic carbocycles. The van der Waals surface area contributed by atoms with Crippen molar-refractivity contribution < 1.29 is 4.74 Å². The second-order valence-electron chi connectivity index (χ2n) is 2.77. The molecule has 0 aliphatic carbocycles. The minimum absolute atomic E-state index is 0.669. The van der Waals surface area contributed by atoms with E-state index in [1.807, 2.05) is 18.4 Å². The Morgan fingerprint density at radius 1 is 1.50 bits per heavy atom. The summed E-state index contributed by atoms with van der Waals surface area (Å²) < 4.78 is 7.96. The van der Waals surface area contributed by atoms with Gasteiger partial charge in [0, 0.05) is 8.95 Å². The second-order valence-corrected chi connectivity index (χ2v) is 5.22. The van der Waals surface area contributed by atoms with E-state index in [4.69, 9.17) is 16.3 Å². The molecule has 0 spiro atoms. The topological polar surface area (TPSA) is 9.23 Å². The Balaban J connectivity index is 2.72.